The Bertz CT molecular complexity index is 1190. The van der Waals surface area contributed by atoms with Crippen LogP contribution in [0.15, 0.2) is 42.5 Å². The van der Waals surface area contributed by atoms with Crippen molar-refractivity contribution >= 4 is 39.1 Å². The summed E-state index contributed by atoms with van der Waals surface area (Å²) < 4.78 is 44.8. The Hall–Kier alpha value is -2.85. The fraction of sp³-hybridized carbons (Fsp3) is 0.481. The number of hydrogen-bond donors (Lipinski definition) is 1. The Kier molecular flexibility index (Phi) is 11.8. The van der Waals surface area contributed by atoms with Gasteiger partial charge in [0.1, 0.15) is 17.6 Å². The van der Waals surface area contributed by atoms with Crippen LogP contribution in [-0.4, -0.2) is 57.6 Å². The van der Waals surface area contributed by atoms with Gasteiger partial charge >= 0.3 is 0 Å². The van der Waals surface area contributed by atoms with Crippen molar-refractivity contribution in [2.75, 3.05) is 30.8 Å². The molecule has 1 N–H and O–H groups in total. The van der Waals surface area contributed by atoms with Gasteiger partial charge in [-0.15, -0.1) is 0 Å². The van der Waals surface area contributed by atoms with Crippen molar-refractivity contribution in [1.82, 2.24) is 10.2 Å². The predicted molar refractivity (Wildman–Crippen MR) is 148 cm³/mol. The highest BCUT2D eigenvalue weighted by molar-refractivity contribution is 7.92. The molecule has 1 atom stereocenters. The molecule has 0 heterocycles. The summed E-state index contributed by atoms with van der Waals surface area (Å²) in [6, 6.07) is 9.70. The molecule has 2 amide bonds. The molecular weight excluding hydrogens is 533 g/mol. The van der Waals surface area contributed by atoms with Crippen molar-refractivity contribution in [3.8, 4) is 5.75 Å². The van der Waals surface area contributed by atoms with Crippen molar-refractivity contribution in [3.05, 3.63) is 58.9 Å². The van der Waals surface area contributed by atoms with Crippen LogP contribution < -0.4 is 14.4 Å². The number of rotatable bonds is 14. The quantitative estimate of drug-likeness (QED) is 0.358. The number of carbonyl (C=O) groups excluding carboxylic acids is 2. The lowest BCUT2D eigenvalue weighted by molar-refractivity contribution is -0.141. The van der Waals surface area contributed by atoms with Gasteiger partial charge in [-0.1, -0.05) is 44.5 Å². The van der Waals surface area contributed by atoms with E-state index in [0.29, 0.717) is 30.0 Å². The topological polar surface area (TPSA) is 96.0 Å². The summed E-state index contributed by atoms with van der Waals surface area (Å²) in [6.07, 6.45) is 1.68. The number of nitrogens with one attached hydrogen (secondary N) is 1. The van der Waals surface area contributed by atoms with Crippen LogP contribution in [0, 0.1) is 11.7 Å². The fourth-order valence-electron chi connectivity index (χ4n) is 3.94. The van der Waals surface area contributed by atoms with Gasteiger partial charge in [-0.05, 0) is 54.7 Å². The number of sulfonamides is 1. The lowest BCUT2D eigenvalue weighted by Gasteiger charge is -2.31. The van der Waals surface area contributed by atoms with E-state index in [1.54, 1.807) is 24.3 Å². The second-order valence-corrected chi connectivity index (χ2v) is 11.8. The average molecular weight is 570 g/mol. The van der Waals surface area contributed by atoms with Crippen molar-refractivity contribution in [2.45, 2.75) is 52.6 Å². The summed E-state index contributed by atoms with van der Waals surface area (Å²) in [7, 11) is -2.20. The molecule has 210 valence electrons. The Balaban J connectivity index is 2.22. The normalized spacial score (nSPS) is 12.2. The molecule has 0 unspecified atom stereocenters. The third kappa shape index (κ3) is 9.16. The van der Waals surface area contributed by atoms with Gasteiger partial charge in [0.15, 0.2) is 0 Å². The average Bonchev–Trinajstić information content (AvgIpc) is 2.85. The minimum atomic E-state index is -3.67. The van der Waals surface area contributed by atoms with Gasteiger partial charge in [0.25, 0.3) is 0 Å². The molecule has 2 aromatic rings. The molecule has 0 aliphatic heterocycles. The van der Waals surface area contributed by atoms with Crippen LogP contribution >= 0.6 is 11.6 Å². The number of methoxy groups -OCH3 is 1. The largest absolute Gasteiger partial charge is 0.495 e. The summed E-state index contributed by atoms with van der Waals surface area (Å²) in [5.74, 6) is -0.305. The monoisotopic (exact) mass is 569 g/mol. The Morgan fingerprint density at radius 3 is 2.32 bits per heavy atom. The maximum absolute atomic E-state index is 13.4. The highest BCUT2D eigenvalue weighted by atomic mass is 35.5. The summed E-state index contributed by atoms with van der Waals surface area (Å²) in [5.41, 5.74) is 1.04. The van der Waals surface area contributed by atoms with Gasteiger partial charge in [-0.3, -0.25) is 13.9 Å². The summed E-state index contributed by atoms with van der Waals surface area (Å²) in [4.78, 5) is 27.9. The van der Waals surface area contributed by atoms with Crippen molar-refractivity contribution in [3.63, 3.8) is 0 Å². The second-order valence-electron chi connectivity index (χ2n) is 9.47. The van der Waals surface area contributed by atoms with E-state index < -0.39 is 21.9 Å². The first kappa shape index (κ1) is 31.4. The van der Waals surface area contributed by atoms with Crippen LogP contribution in [0.5, 0.6) is 5.75 Å². The highest BCUT2D eigenvalue weighted by Crippen LogP contribution is 2.30. The van der Waals surface area contributed by atoms with E-state index in [2.05, 4.69) is 5.32 Å². The van der Waals surface area contributed by atoms with Crippen molar-refractivity contribution in [1.29, 1.82) is 0 Å². The van der Waals surface area contributed by atoms with Crippen LogP contribution in [0.3, 0.4) is 0 Å². The SMILES string of the molecule is CC[C@@H](C(=O)NCC(C)C)N(Cc1ccc(F)cc1)C(=O)CCCN(c1ccc(OC)c(Cl)c1)S(C)(=O)=O. The molecule has 0 aromatic heterocycles. The molecule has 11 heteroatoms. The third-order valence-electron chi connectivity index (χ3n) is 5.91. The van der Waals surface area contributed by atoms with Crippen molar-refractivity contribution < 1.29 is 27.1 Å². The molecule has 0 spiro atoms. The summed E-state index contributed by atoms with van der Waals surface area (Å²) in [5, 5.41) is 3.15. The highest BCUT2D eigenvalue weighted by Gasteiger charge is 2.29. The zero-order valence-corrected chi connectivity index (χ0v) is 24.1. The second kappa shape index (κ2) is 14.3. The standard InChI is InChI=1S/C27H37ClFN3O5S/c1-6-24(27(34)30-17-19(2)3)31(18-20-9-11-21(29)12-10-20)26(33)8-7-15-32(38(5,35)36)22-13-14-25(37-4)23(28)16-22/h9-14,16,19,24H,6-8,15,17-18H2,1-5H3,(H,30,34)/t24-/m0/s1. The third-order valence-corrected chi connectivity index (χ3v) is 7.40. The number of nitrogens with zero attached hydrogens (tertiary/aromatic N) is 2. The number of anilines is 1. The first-order valence-corrected chi connectivity index (χ1v) is 14.7. The number of amides is 2. The number of ether oxygens (including phenoxy) is 1. The van der Waals surface area contributed by atoms with E-state index in [4.69, 9.17) is 16.3 Å². The van der Waals surface area contributed by atoms with E-state index in [9.17, 15) is 22.4 Å². The number of halogens is 2. The zero-order valence-electron chi connectivity index (χ0n) is 22.5. The van der Waals surface area contributed by atoms with E-state index in [-0.39, 0.29) is 48.7 Å². The Morgan fingerprint density at radius 1 is 1.13 bits per heavy atom. The summed E-state index contributed by atoms with van der Waals surface area (Å²) in [6.45, 7) is 6.41. The lowest BCUT2D eigenvalue weighted by Crippen LogP contribution is -2.49. The molecule has 0 aliphatic carbocycles. The molecule has 38 heavy (non-hydrogen) atoms. The van der Waals surface area contributed by atoms with Gasteiger partial charge in [0.2, 0.25) is 21.8 Å². The van der Waals surface area contributed by atoms with Crippen LogP contribution in [0.25, 0.3) is 0 Å². The molecule has 2 aromatic carbocycles. The molecule has 0 saturated heterocycles. The molecule has 0 radical (unpaired) electrons. The van der Waals surface area contributed by atoms with Gasteiger partial charge in [-0.2, -0.15) is 0 Å². The van der Waals surface area contributed by atoms with E-state index in [1.165, 1.54) is 34.5 Å². The smallest absolute Gasteiger partial charge is 0.242 e. The van der Waals surface area contributed by atoms with E-state index in [1.807, 2.05) is 20.8 Å². The molecule has 0 aliphatic rings. The molecule has 0 bridgehead atoms. The lowest BCUT2D eigenvalue weighted by atomic mass is 10.1. The first-order valence-electron chi connectivity index (χ1n) is 12.5. The van der Waals surface area contributed by atoms with Crippen LogP contribution in [0.4, 0.5) is 10.1 Å². The van der Waals surface area contributed by atoms with Gasteiger partial charge in [0, 0.05) is 26.1 Å². The molecule has 0 saturated carbocycles. The van der Waals surface area contributed by atoms with Gasteiger partial charge in [0.05, 0.1) is 24.1 Å². The van der Waals surface area contributed by atoms with Crippen LogP contribution in [-0.2, 0) is 26.2 Å². The maximum atomic E-state index is 13.4. The van der Waals surface area contributed by atoms with Crippen LogP contribution in [0.1, 0.15) is 45.6 Å². The van der Waals surface area contributed by atoms with Crippen LogP contribution in [0.2, 0.25) is 5.02 Å². The molecule has 0 fully saturated rings. The number of benzene rings is 2. The van der Waals surface area contributed by atoms with E-state index in [0.717, 1.165) is 6.26 Å². The zero-order chi connectivity index (χ0) is 28.5. The first-order chi connectivity index (χ1) is 17.9. The molecule has 8 nitrogen and oxygen atoms in total. The minimum Gasteiger partial charge on any atom is -0.495 e. The Morgan fingerprint density at radius 2 is 1.79 bits per heavy atom. The van der Waals surface area contributed by atoms with Gasteiger partial charge in [-0.25, -0.2) is 12.8 Å². The predicted octanol–water partition coefficient (Wildman–Crippen LogP) is 4.61. The van der Waals surface area contributed by atoms with Gasteiger partial charge < -0.3 is 15.0 Å². The van der Waals surface area contributed by atoms with Crippen molar-refractivity contribution in [2.24, 2.45) is 5.92 Å². The Labute approximate surface area is 230 Å². The number of hydrogen-bond acceptors (Lipinski definition) is 5. The summed E-state index contributed by atoms with van der Waals surface area (Å²) >= 11 is 6.19. The maximum Gasteiger partial charge on any atom is 0.242 e. The molecule has 2 rings (SSSR count). The number of carbonyl (C=O) groups is 2. The molecular formula is C27H37ClFN3O5S. The van der Waals surface area contributed by atoms with E-state index >= 15 is 0 Å². The fourth-order valence-corrected chi connectivity index (χ4v) is 5.15. The minimum absolute atomic E-state index is 0.00502.